The third-order valence-corrected chi connectivity index (χ3v) is 5.03. The minimum absolute atomic E-state index is 0.163. The Morgan fingerprint density at radius 1 is 1.45 bits per heavy atom. The van der Waals surface area contributed by atoms with Crippen molar-refractivity contribution in [3.8, 4) is 0 Å². The van der Waals surface area contributed by atoms with Crippen molar-refractivity contribution in [2.45, 2.75) is 45.6 Å². The summed E-state index contributed by atoms with van der Waals surface area (Å²) in [6.45, 7) is 6.54. The van der Waals surface area contributed by atoms with Gasteiger partial charge in [0.05, 0.1) is 6.04 Å². The number of carbonyl (C=O) groups excluding carboxylic acids is 1. The lowest BCUT2D eigenvalue weighted by atomic mass is 9.93. The summed E-state index contributed by atoms with van der Waals surface area (Å²) in [5.41, 5.74) is 0. The number of amides is 1. The number of piperidine rings is 1. The van der Waals surface area contributed by atoms with Gasteiger partial charge in [0.1, 0.15) is 0 Å². The average Bonchev–Trinajstić information content (AvgIpc) is 2.97. The Hall–Kier alpha value is -0.870. The average molecular weight is 294 g/mol. The highest BCUT2D eigenvalue weighted by molar-refractivity contribution is 7.10. The van der Waals surface area contributed by atoms with Crippen molar-refractivity contribution in [2.75, 3.05) is 13.1 Å². The Balaban J connectivity index is 1.79. The molecule has 1 atom stereocenters. The molecular formula is C16H26N2OS. The van der Waals surface area contributed by atoms with Crippen molar-refractivity contribution in [1.82, 2.24) is 10.6 Å². The Morgan fingerprint density at radius 3 is 2.80 bits per heavy atom. The molecule has 3 nitrogen and oxygen atoms in total. The van der Waals surface area contributed by atoms with Crippen LogP contribution >= 0.6 is 11.3 Å². The summed E-state index contributed by atoms with van der Waals surface area (Å²) >= 11 is 1.72. The maximum absolute atomic E-state index is 12.2. The molecule has 1 saturated heterocycles. The van der Waals surface area contributed by atoms with E-state index in [4.69, 9.17) is 0 Å². The molecule has 1 aliphatic heterocycles. The monoisotopic (exact) mass is 294 g/mol. The molecule has 2 N–H and O–H groups in total. The number of nitrogens with one attached hydrogen (secondary N) is 2. The quantitative estimate of drug-likeness (QED) is 0.845. The first-order chi connectivity index (χ1) is 9.66. The smallest absolute Gasteiger partial charge is 0.220 e. The third kappa shape index (κ3) is 4.60. The van der Waals surface area contributed by atoms with Crippen molar-refractivity contribution in [2.24, 2.45) is 11.8 Å². The van der Waals surface area contributed by atoms with E-state index in [0.29, 0.717) is 12.3 Å². The van der Waals surface area contributed by atoms with Gasteiger partial charge in [0, 0.05) is 11.3 Å². The molecule has 0 spiro atoms. The van der Waals surface area contributed by atoms with E-state index in [0.717, 1.165) is 25.4 Å². The van der Waals surface area contributed by atoms with E-state index in [1.165, 1.54) is 17.7 Å². The van der Waals surface area contributed by atoms with E-state index in [9.17, 15) is 4.79 Å². The van der Waals surface area contributed by atoms with Crippen LogP contribution < -0.4 is 10.6 Å². The fraction of sp³-hybridized carbons (Fsp3) is 0.688. The first-order valence-electron chi connectivity index (χ1n) is 7.70. The molecule has 1 amide bonds. The SMILES string of the molecule is CC(C)C(NC(=O)CCC1CCNCC1)c1cccs1. The van der Waals surface area contributed by atoms with Gasteiger partial charge in [-0.3, -0.25) is 4.79 Å². The van der Waals surface area contributed by atoms with Gasteiger partial charge in [0.2, 0.25) is 5.91 Å². The lowest BCUT2D eigenvalue weighted by Crippen LogP contribution is -2.32. The molecule has 112 valence electrons. The predicted molar refractivity (Wildman–Crippen MR) is 84.9 cm³/mol. The van der Waals surface area contributed by atoms with Gasteiger partial charge in [-0.1, -0.05) is 19.9 Å². The molecule has 1 aliphatic rings. The second kappa shape index (κ2) is 7.79. The van der Waals surface area contributed by atoms with Gasteiger partial charge >= 0.3 is 0 Å². The molecule has 1 aromatic heterocycles. The van der Waals surface area contributed by atoms with E-state index in [-0.39, 0.29) is 11.9 Å². The van der Waals surface area contributed by atoms with E-state index in [1.807, 2.05) is 0 Å². The zero-order chi connectivity index (χ0) is 14.4. The molecule has 1 aromatic rings. The van der Waals surface area contributed by atoms with Gasteiger partial charge in [-0.25, -0.2) is 0 Å². The zero-order valence-electron chi connectivity index (χ0n) is 12.5. The lowest BCUT2D eigenvalue weighted by Gasteiger charge is -2.24. The number of thiophene rings is 1. The molecule has 0 radical (unpaired) electrons. The zero-order valence-corrected chi connectivity index (χ0v) is 13.3. The van der Waals surface area contributed by atoms with Crippen LogP contribution in [0.1, 0.15) is 50.4 Å². The van der Waals surface area contributed by atoms with Crippen LogP contribution in [0.4, 0.5) is 0 Å². The first-order valence-corrected chi connectivity index (χ1v) is 8.58. The first kappa shape index (κ1) is 15.5. The van der Waals surface area contributed by atoms with Crippen LogP contribution in [0.2, 0.25) is 0 Å². The van der Waals surface area contributed by atoms with Gasteiger partial charge in [-0.15, -0.1) is 11.3 Å². The highest BCUT2D eigenvalue weighted by Crippen LogP contribution is 2.26. The minimum atomic E-state index is 0.163. The molecule has 20 heavy (non-hydrogen) atoms. The molecular weight excluding hydrogens is 268 g/mol. The summed E-state index contributed by atoms with van der Waals surface area (Å²) in [4.78, 5) is 13.4. The van der Waals surface area contributed by atoms with Gasteiger partial charge in [0.15, 0.2) is 0 Å². The molecule has 4 heteroatoms. The Morgan fingerprint density at radius 2 is 2.20 bits per heavy atom. The van der Waals surface area contributed by atoms with Crippen molar-refractivity contribution in [3.63, 3.8) is 0 Å². The van der Waals surface area contributed by atoms with Crippen LogP contribution in [-0.4, -0.2) is 19.0 Å². The van der Waals surface area contributed by atoms with Crippen molar-refractivity contribution in [3.05, 3.63) is 22.4 Å². The number of hydrogen-bond donors (Lipinski definition) is 2. The van der Waals surface area contributed by atoms with Gasteiger partial charge in [-0.2, -0.15) is 0 Å². The standard InChI is InChI=1S/C16H26N2OS/c1-12(2)16(14-4-3-11-20-14)18-15(19)6-5-13-7-9-17-10-8-13/h3-4,11-13,16-17H,5-10H2,1-2H3,(H,18,19). The Labute approximate surface area is 126 Å². The summed E-state index contributed by atoms with van der Waals surface area (Å²) in [5.74, 6) is 1.35. The summed E-state index contributed by atoms with van der Waals surface area (Å²) in [6.07, 6.45) is 4.12. The number of rotatable bonds is 6. The van der Waals surface area contributed by atoms with Crippen LogP contribution in [0.5, 0.6) is 0 Å². The molecule has 1 fully saturated rings. The molecule has 0 saturated carbocycles. The summed E-state index contributed by atoms with van der Waals surface area (Å²) in [5, 5.41) is 8.66. The van der Waals surface area contributed by atoms with E-state index in [2.05, 4.69) is 42.0 Å². The second-order valence-electron chi connectivity index (χ2n) is 6.04. The number of hydrogen-bond acceptors (Lipinski definition) is 3. The predicted octanol–water partition coefficient (Wildman–Crippen LogP) is 3.34. The molecule has 2 heterocycles. The van der Waals surface area contributed by atoms with Gasteiger partial charge in [-0.05, 0) is 55.6 Å². The third-order valence-electron chi connectivity index (χ3n) is 4.07. The maximum Gasteiger partial charge on any atom is 0.220 e. The highest BCUT2D eigenvalue weighted by Gasteiger charge is 2.20. The molecule has 0 aromatic carbocycles. The molecule has 2 rings (SSSR count). The second-order valence-corrected chi connectivity index (χ2v) is 7.02. The van der Waals surface area contributed by atoms with Gasteiger partial charge < -0.3 is 10.6 Å². The van der Waals surface area contributed by atoms with Crippen LogP contribution in [0.3, 0.4) is 0 Å². The van der Waals surface area contributed by atoms with Crippen LogP contribution in [0.15, 0.2) is 17.5 Å². The van der Waals surface area contributed by atoms with E-state index < -0.39 is 0 Å². The minimum Gasteiger partial charge on any atom is -0.348 e. The Kier molecular flexibility index (Phi) is 6.05. The Bertz CT molecular complexity index is 397. The largest absolute Gasteiger partial charge is 0.348 e. The van der Waals surface area contributed by atoms with Crippen LogP contribution in [-0.2, 0) is 4.79 Å². The molecule has 0 bridgehead atoms. The fourth-order valence-electron chi connectivity index (χ4n) is 2.79. The van der Waals surface area contributed by atoms with E-state index in [1.54, 1.807) is 11.3 Å². The normalized spacial score (nSPS) is 18.1. The highest BCUT2D eigenvalue weighted by atomic mass is 32.1. The van der Waals surface area contributed by atoms with Crippen molar-refractivity contribution < 1.29 is 4.79 Å². The topological polar surface area (TPSA) is 41.1 Å². The summed E-state index contributed by atoms with van der Waals surface area (Å²) < 4.78 is 0. The molecule has 1 unspecified atom stereocenters. The number of carbonyl (C=O) groups is 1. The summed E-state index contributed by atoms with van der Waals surface area (Å²) in [6, 6.07) is 4.33. The fourth-order valence-corrected chi connectivity index (χ4v) is 3.73. The van der Waals surface area contributed by atoms with Gasteiger partial charge in [0.25, 0.3) is 0 Å². The van der Waals surface area contributed by atoms with Crippen LogP contribution in [0, 0.1) is 11.8 Å². The maximum atomic E-state index is 12.2. The van der Waals surface area contributed by atoms with E-state index >= 15 is 0 Å². The van der Waals surface area contributed by atoms with Crippen molar-refractivity contribution >= 4 is 17.2 Å². The lowest BCUT2D eigenvalue weighted by molar-refractivity contribution is -0.122. The van der Waals surface area contributed by atoms with Crippen LogP contribution in [0.25, 0.3) is 0 Å². The van der Waals surface area contributed by atoms with Crippen molar-refractivity contribution in [1.29, 1.82) is 0 Å². The molecule has 0 aliphatic carbocycles. The summed E-state index contributed by atoms with van der Waals surface area (Å²) in [7, 11) is 0.